The Hall–Kier alpha value is -3.46. The number of hydrogen-bond acceptors (Lipinski definition) is 6. The largest absolute Gasteiger partial charge is 0.462 e. The van der Waals surface area contributed by atoms with Crippen LogP contribution in [0, 0.1) is 13.8 Å². The Bertz CT molecular complexity index is 1150. The molecule has 158 valence electrons. The van der Waals surface area contributed by atoms with E-state index in [1.54, 1.807) is 18.9 Å². The van der Waals surface area contributed by atoms with E-state index in [2.05, 4.69) is 15.4 Å². The van der Waals surface area contributed by atoms with Gasteiger partial charge in [-0.05, 0) is 45.0 Å². The number of fused-ring (bicyclic) bond motifs is 1. The number of carbonyl (C=O) groups excluding carboxylic acids is 2. The molecule has 3 aromatic rings. The molecule has 0 aliphatic carbocycles. The summed E-state index contributed by atoms with van der Waals surface area (Å²) in [5.41, 5.74) is 3.38. The monoisotopic (exact) mass is 411 g/mol. The van der Waals surface area contributed by atoms with Gasteiger partial charge in [0.15, 0.2) is 5.65 Å². The highest BCUT2D eigenvalue weighted by Crippen LogP contribution is 2.18. The fraction of sp³-hybridized carbons (Fsp3) is 0.333. The Balaban J connectivity index is 1.73. The van der Waals surface area contributed by atoms with Crippen LogP contribution in [0.25, 0.3) is 5.65 Å². The molecule has 0 saturated heterocycles. The van der Waals surface area contributed by atoms with Gasteiger partial charge >= 0.3 is 5.97 Å². The van der Waals surface area contributed by atoms with Gasteiger partial charge in [-0.15, -0.1) is 0 Å². The molecule has 0 aliphatic heterocycles. The maximum Gasteiger partial charge on any atom is 0.343 e. The lowest BCUT2D eigenvalue weighted by Crippen LogP contribution is -2.31. The Morgan fingerprint density at radius 1 is 1.30 bits per heavy atom. The van der Waals surface area contributed by atoms with Crippen molar-refractivity contribution in [1.82, 2.24) is 19.5 Å². The van der Waals surface area contributed by atoms with Crippen LogP contribution in [0.3, 0.4) is 0 Å². The fourth-order valence-electron chi connectivity index (χ4n) is 3.12. The highest BCUT2D eigenvalue weighted by atomic mass is 16.5. The predicted molar refractivity (Wildman–Crippen MR) is 113 cm³/mol. The summed E-state index contributed by atoms with van der Waals surface area (Å²) in [6.07, 6.45) is 1.40. The van der Waals surface area contributed by atoms with Crippen LogP contribution in [0.1, 0.15) is 34.1 Å². The number of amides is 1. The van der Waals surface area contributed by atoms with Crippen molar-refractivity contribution in [3.8, 4) is 0 Å². The van der Waals surface area contributed by atoms with E-state index in [0.29, 0.717) is 5.69 Å². The highest BCUT2D eigenvalue weighted by molar-refractivity contribution is 5.95. The number of nitrogens with one attached hydrogen (secondary N) is 2. The third-order valence-electron chi connectivity index (χ3n) is 4.77. The van der Waals surface area contributed by atoms with Gasteiger partial charge in [0.05, 0.1) is 18.8 Å². The van der Waals surface area contributed by atoms with Gasteiger partial charge < -0.3 is 10.1 Å². The summed E-state index contributed by atoms with van der Waals surface area (Å²) in [4.78, 5) is 43.0. The molecule has 1 amide bonds. The predicted octanol–water partition coefficient (Wildman–Crippen LogP) is 1.89. The molecule has 30 heavy (non-hydrogen) atoms. The second-order valence-electron chi connectivity index (χ2n) is 7.12. The number of hydrogen-bond donors (Lipinski definition) is 2. The number of aromatic amines is 1. The SMILES string of the molecule is CCOC(=O)c1c[nH]n2c(=O)cc(CN(C)CC(=O)Nc3cccc(C)c3C)nc12. The Labute approximate surface area is 173 Å². The van der Waals surface area contributed by atoms with E-state index in [0.717, 1.165) is 16.8 Å². The minimum atomic E-state index is -0.554. The minimum absolute atomic E-state index is 0.117. The molecule has 2 aromatic heterocycles. The Morgan fingerprint density at radius 2 is 2.07 bits per heavy atom. The van der Waals surface area contributed by atoms with Crippen molar-refractivity contribution >= 4 is 23.2 Å². The number of aryl methyl sites for hydroxylation is 1. The van der Waals surface area contributed by atoms with Gasteiger partial charge in [0.2, 0.25) is 5.91 Å². The minimum Gasteiger partial charge on any atom is -0.462 e. The molecule has 2 heterocycles. The quantitative estimate of drug-likeness (QED) is 0.575. The molecular formula is C21H25N5O4. The zero-order valence-electron chi connectivity index (χ0n) is 17.5. The maximum absolute atomic E-state index is 12.4. The molecule has 3 rings (SSSR count). The molecule has 0 atom stereocenters. The third kappa shape index (κ3) is 4.57. The van der Waals surface area contributed by atoms with Crippen LogP contribution in [0.2, 0.25) is 0 Å². The second kappa shape index (κ2) is 8.91. The molecule has 9 heteroatoms. The molecule has 0 fully saturated rings. The average molecular weight is 411 g/mol. The second-order valence-corrected chi connectivity index (χ2v) is 7.12. The van der Waals surface area contributed by atoms with Crippen LogP contribution in [-0.2, 0) is 16.1 Å². The number of aromatic nitrogens is 3. The standard InChI is InChI=1S/C21H25N5O4/c1-5-30-21(29)16-10-22-26-19(28)9-15(23-20(16)26)11-25(4)12-18(27)24-17-8-6-7-13(2)14(17)3/h6-10,22H,5,11-12H2,1-4H3,(H,24,27). The van der Waals surface area contributed by atoms with Gasteiger partial charge in [-0.25, -0.2) is 14.3 Å². The summed E-state index contributed by atoms with van der Waals surface area (Å²) in [5.74, 6) is -0.723. The zero-order valence-corrected chi connectivity index (χ0v) is 17.5. The number of anilines is 1. The van der Waals surface area contributed by atoms with Gasteiger partial charge in [-0.3, -0.25) is 19.6 Å². The molecule has 2 N–H and O–H groups in total. The molecule has 0 unspecified atom stereocenters. The summed E-state index contributed by atoms with van der Waals surface area (Å²) < 4.78 is 6.19. The molecule has 0 aliphatic rings. The number of benzene rings is 1. The first-order valence-electron chi connectivity index (χ1n) is 9.62. The van der Waals surface area contributed by atoms with Crippen molar-refractivity contribution < 1.29 is 14.3 Å². The van der Waals surface area contributed by atoms with Crippen LogP contribution >= 0.6 is 0 Å². The van der Waals surface area contributed by atoms with Gasteiger partial charge in [-0.1, -0.05) is 12.1 Å². The third-order valence-corrected chi connectivity index (χ3v) is 4.77. The Morgan fingerprint density at radius 3 is 2.80 bits per heavy atom. The molecule has 0 spiro atoms. The molecular weight excluding hydrogens is 386 g/mol. The van der Waals surface area contributed by atoms with E-state index in [9.17, 15) is 14.4 Å². The van der Waals surface area contributed by atoms with Crippen molar-refractivity contribution in [2.45, 2.75) is 27.3 Å². The maximum atomic E-state index is 12.4. The smallest absolute Gasteiger partial charge is 0.343 e. The van der Waals surface area contributed by atoms with Crippen molar-refractivity contribution in [3.05, 3.63) is 63.2 Å². The van der Waals surface area contributed by atoms with Crippen molar-refractivity contribution in [3.63, 3.8) is 0 Å². The van der Waals surface area contributed by atoms with E-state index < -0.39 is 5.97 Å². The number of carbonyl (C=O) groups is 2. The van der Waals surface area contributed by atoms with Crippen LogP contribution in [0.5, 0.6) is 0 Å². The first kappa shape index (κ1) is 21.3. The summed E-state index contributed by atoms with van der Waals surface area (Å²) in [5, 5.41) is 5.62. The van der Waals surface area contributed by atoms with Gasteiger partial charge in [0.25, 0.3) is 5.56 Å². The van der Waals surface area contributed by atoms with E-state index in [4.69, 9.17) is 4.74 Å². The summed E-state index contributed by atoms with van der Waals surface area (Å²) in [6, 6.07) is 7.12. The van der Waals surface area contributed by atoms with Crippen molar-refractivity contribution in [1.29, 1.82) is 0 Å². The molecule has 0 saturated carbocycles. The van der Waals surface area contributed by atoms with Crippen LogP contribution in [0.4, 0.5) is 5.69 Å². The molecule has 0 radical (unpaired) electrons. The number of H-pyrrole nitrogens is 1. The first-order valence-corrected chi connectivity index (χ1v) is 9.62. The normalized spacial score (nSPS) is 11.1. The summed E-state index contributed by atoms with van der Waals surface area (Å²) in [7, 11) is 1.76. The van der Waals surface area contributed by atoms with Crippen molar-refractivity contribution in [2.75, 3.05) is 25.5 Å². The number of ether oxygens (including phenoxy) is 1. The highest BCUT2D eigenvalue weighted by Gasteiger charge is 2.17. The topological polar surface area (TPSA) is 109 Å². The van der Waals surface area contributed by atoms with Crippen LogP contribution < -0.4 is 10.9 Å². The van der Waals surface area contributed by atoms with Crippen LogP contribution in [0.15, 0.2) is 35.3 Å². The van der Waals surface area contributed by atoms with Crippen molar-refractivity contribution in [2.24, 2.45) is 0 Å². The van der Waals surface area contributed by atoms with E-state index in [1.807, 2.05) is 32.0 Å². The number of esters is 1. The zero-order chi connectivity index (χ0) is 21.8. The number of likely N-dealkylation sites (N-methyl/N-ethyl adjacent to an activating group) is 1. The lowest BCUT2D eigenvalue weighted by molar-refractivity contribution is -0.117. The molecule has 0 bridgehead atoms. The average Bonchev–Trinajstić information content (AvgIpc) is 3.10. The van der Waals surface area contributed by atoms with E-state index >= 15 is 0 Å². The fourth-order valence-corrected chi connectivity index (χ4v) is 3.12. The van der Waals surface area contributed by atoms with E-state index in [-0.39, 0.29) is 42.4 Å². The van der Waals surface area contributed by atoms with Gasteiger partial charge in [0.1, 0.15) is 5.56 Å². The molecule has 1 aromatic carbocycles. The lowest BCUT2D eigenvalue weighted by atomic mass is 10.1. The molecule has 9 nitrogen and oxygen atoms in total. The number of rotatable bonds is 7. The van der Waals surface area contributed by atoms with Crippen LogP contribution in [-0.4, -0.2) is 51.6 Å². The van der Waals surface area contributed by atoms with Gasteiger partial charge in [0, 0.05) is 24.5 Å². The lowest BCUT2D eigenvalue weighted by Gasteiger charge is -2.17. The summed E-state index contributed by atoms with van der Waals surface area (Å²) >= 11 is 0. The van der Waals surface area contributed by atoms with Gasteiger partial charge in [-0.2, -0.15) is 0 Å². The number of nitrogens with zero attached hydrogens (tertiary/aromatic N) is 3. The van der Waals surface area contributed by atoms with E-state index in [1.165, 1.54) is 16.8 Å². The Kier molecular flexibility index (Phi) is 6.31. The summed E-state index contributed by atoms with van der Waals surface area (Å²) in [6.45, 7) is 6.25. The first-order chi connectivity index (χ1) is 14.3.